The lowest BCUT2D eigenvalue weighted by Gasteiger charge is -2.16. The van der Waals surface area contributed by atoms with Gasteiger partial charge in [-0.1, -0.05) is 72.4 Å². The Morgan fingerprint density at radius 3 is 2.10 bits per heavy atom. The van der Waals surface area contributed by atoms with Crippen LogP contribution in [0, 0.1) is 0 Å². The maximum Gasteiger partial charge on any atom is 0.336 e. The smallest absolute Gasteiger partial charge is 0.336 e. The molecular weight excluding hydrogens is 398 g/mol. The summed E-state index contributed by atoms with van der Waals surface area (Å²) in [6.07, 6.45) is 0. The summed E-state index contributed by atoms with van der Waals surface area (Å²) in [5.41, 5.74) is 1.61. The first-order valence-electron chi connectivity index (χ1n) is 9.16. The van der Waals surface area contributed by atoms with E-state index < -0.39 is 11.5 Å². The third-order valence-corrected chi connectivity index (χ3v) is 5.72. The molecule has 0 atom stereocenters. The molecule has 0 aliphatic carbocycles. The summed E-state index contributed by atoms with van der Waals surface area (Å²) >= 11 is 0.944. The van der Waals surface area contributed by atoms with Crippen molar-refractivity contribution in [2.45, 2.75) is 9.79 Å². The molecule has 2 N–H and O–H groups in total. The number of aromatic nitrogens is 1. The van der Waals surface area contributed by atoms with Crippen LogP contribution >= 0.6 is 11.8 Å². The highest BCUT2D eigenvalue weighted by Crippen LogP contribution is 2.36. The van der Waals surface area contributed by atoms with Crippen LogP contribution in [0.2, 0.25) is 0 Å². The third-order valence-electron chi connectivity index (χ3n) is 4.56. The van der Waals surface area contributed by atoms with Crippen molar-refractivity contribution in [3.63, 3.8) is 0 Å². The zero-order valence-electron chi connectivity index (χ0n) is 15.7. The Hall–Kier alpha value is -3.77. The van der Waals surface area contributed by atoms with E-state index >= 15 is 0 Å². The molecule has 4 aromatic rings. The van der Waals surface area contributed by atoms with Crippen molar-refractivity contribution in [1.29, 1.82) is 0 Å². The standard InChI is InChI=1S/C24H17NO4S/c26-20-15-19(16-9-3-1-4-10-16)25(17-11-5-2-6-12-17)23(27)22(20)30-21-14-8-7-13-18(21)24(28)29/h1-15,26H,(H,28,29). The van der Waals surface area contributed by atoms with E-state index in [-0.39, 0.29) is 16.2 Å². The Morgan fingerprint density at radius 2 is 1.43 bits per heavy atom. The number of aromatic carboxylic acids is 1. The first kappa shape index (κ1) is 19.5. The second-order valence-electron chi connectivity index (χ2n) is 6.49. The number of hydrogen-bond acceptors (Lipinski definition) is 4. The molecule has 3 aromatic carbocycles. The van der Waals surface area contributed by atoms with E-state index in [0.29, 0.717) is 16.3 Å². The molecule has 0 aliphatic rings. The Bertz CT molecular complexity index is 1270. The van der Waals surface area contributed by atoms with Crippen LogP contribution in [0.25, 0.3) is 16.9 Å². The molecule has 0 unspecified atom stereocenters. The monoisotopic (exact) mass is 415 g/mol. The Morgan fingerprint density at radius 1 is 0.833 bits per heavy atom. The molecule has 0 aliphatic heterocycles. The maximum absolute atomic E-state index is 13.5. The fourth-order valence-electron chi connectivity index (χ4n) is 3.17. The lowest BCUT2D eigenvalue weighted by molar-refractivity contribution is 0.0693. The van der Waals surface area contributed by atoms with Gasteiger partial charge in [0.25, 0.3) is 5.56 Å². The van der Waals surface area contributed by atoms with Crippen LogP contribution in [0.4, 0.5) is 0 Å². The molecule has 5 nitrogen and oxygen atoms in total. The lowest BCUT2D eigenvalue weighted by Crippen LogP contribution is -2.21. The van der Waals surface area contributed by atoms with E-state index in [1.165, 1.54) is 16.7 Å². The van der Waals surface area contributed by atoms with E-state index in [1.807, 2.05) is 60.7 Å². The van der Waals surface area contributed by atoms with Crippen LogP contribution in [0.5, 0.6) is 5.75 Å². The molecule has 0 amide bonds. The fourth-order valence-corrected chi connectivity index (χ4v) is 4.15. The van der Waals surface area contributed by atoms with Gasteiger partial charge in [-0.3, -0.25) is 9.36 Å². The van der Waals surface area contributed by atoms with Crippen LogP contribution in [-0.2, 0) is 0 Å². The van der Waals surface area contributed by atoms with Crippen molar-refractivity contribution in [2.24, 2.45) is 0 Å². The molecule has 0 spiro atoms. The number of para-hydroxylation sites is 1. The summed E-state index contributed by atoms with van der Waals surface area (Å²) in [5, 5.41) is 20.2. The molecular formula is C24H17NO4S. The number of carboxylic acid groups (broad SMARTS) is 1. The maximum atomic E-state index is 13.5. The highest BCUT2D eigenvalue weighted by Gasteiger charge is 2.20. The summed E-state index contributed by atoms with van der Waals surface area (Å²) in [4.78, 5) is 25.5. The molecule has 0 fully saturated rings. The van der Waals surface area contributed by atoms with Crippen molar-refractivity contribution >= 4 is 17.7 Å². The highest BCUT2D eigenvalue weighted by atomic mass is 32.2. The van der Waals surface area contributed by atoms with Gasteiger partial charge >= 0.3 is 5.97 Å². The number of aromatic hydroxyl groups is 1. The minimum atomic E-state index is -1.10. The van der Waals surface area contributed by atoms with E-state index in [9.17, 15) is 19.8 Å². The van der Waals surface area contributed by atoms with Gasteiger partial charge in [-0.15, -0.1) is 0 Å². The summed E-state index contributed by atoms with van der Waals surface area (Å²) < 4.78 is 1.53. The van der Waals surface area contributed by atoms with Gasteiger partial charge in [-0.2, -0.15) is 0 Å². The molecule has 0 bridgehead atoms. The molecule has 1 aromatic heterocycles. The zero-order valence-corrected chi connectivity index (χ0v) is 16.5. The number of benzene rings is 3. The average molecular weight is 415 g/mol. The second-order valence-corrected chi connectivity index (χ2v) is 7.54. The second kappa shape index (κ2) is 8.31. The Kier molecular flexibility index (Phi) is 5.41. The van der Waals surface area contributed by atoms with Crippen LogP contribution < -0.4 is 5.56 Å². The topological polar surface area (TPSA) is 79.5 Å². The summed E-state index contributed by atoms with van der Waals surface area (Å²) in [7, 11) is 0. The largest absolute Gasteiger partial charge is 0.506 e. The Balaban J connectivity index is 1.95. The van der Waals surface area contributed by atoms with Gasteiger partial charge in [-0.05, 0) is 29.8 Å². The lowest BCUT2D eigenvalue weighted by atomic mass is 10.1. The normalized spacial score (nSPS) is 10.7. The Labute approximate surface area is 176 Å². The number of carboxylic acids is 1. The van der Waals surface area contributed by atoms with Crippen molar-refractivity contribution < 1.29 is 15.0 Å². The van der Waals surface area contributed by atoms with Gasteiger partial charge in [0.2, 0.25) is 0 Å². The average Bonchev–Trinajstić information content (AvgIpc) is 2.77. The first-order valence-corrected chi connectivity index (χ1v) is 9.98. The summed E-state index contributed by atoms with van der Waals surface area (Å²) in [6, 6.07) is 26.4. The molecule has 1 heterocycles. The number of hydrogen-bond donors (Lipinski definition) is 2. The number of carbonyl (C=O) groups is 1. The predicted molar refractivity (Wildman–Crippen MR) is 117 cm³/mol. The van der Waals surface area contributed by atoms with Gasteiger partial charge < -0.3 is 10.2 Å². The minimum Gasteiger partial charge on any atom is -0.506 e. The molecule has 0 saturated heterocycles. The first-order chi connectivity index (χ1) is 14.6. The van der Waals surface area contributed by atoms with Crippen molar-refractivity contribution in [3.05, 3.63) is 107 Å². The number of nitrogens with zero attached hydrogens (tertiary/aromatic N) is 1. The van der Waals surface area contributed by atoms with Crippen molar-refractivity contribution in [3.8, 4) is 22.7 Å². The van der Waals surface area contributed by atoms with Gasteiger partial charge in [-0.25, -0.2) is 4.79 Å². The molecule has 0 radical (unpaired) electrons. The molecule has 148 valence electrons. The SMILES string of the molecule is O=C(O)c1ccccc1Sc1c(O)cc(-c2ccccc2)n(-c2ccccc2)c1=O. The van der Waals surface area contributed by atoms with Crippen LogP contribution in [0.1, 0.15) is 10.4 Å². The summed E-state index contributed by atoms with van der Waals surface area (Å²) in [5.74, 6) is -1.29. The molecule has 0 saturated carbocycles. The van der Waals surface area contributed by atoms with E-state index in [2.05, 4.69) is 0 Å². The van der Waals surface area contributed by atoms with E-state index in [4.69, 9.17) is 0 Å². The molecule has 6 heteroatoms. The molecule has 4 rings (SSSR count). The van der Waals surface area contributed by atoms with Crippen LogP contribution in [0.3, 0.4) is 0 Å². The zero-order chi connectivity index (χ0) is 21.1. The van der Waals surface area contributed by atoms with E-state index in [1.54, 1.807) is 18.2 Å². The third kappa shape index (κ3) is 3.73. The van der Waals surface area contributed by atoms with Crippen LogP contribution in [-0.4, -0.2) is 20.7 Å². The fraction of sp³-hybridized carbons (Fsp3) is 0. The minimum absolute atomic E-state index is 0.0623. The van der Waals surface area contributed by atoms with Gasteiger partial charge in [0.05, 0.1) is 11.3 Å². The van der Waals surface area contributed by atoms with Gasteiger partial charge in [0.1, 0.15) is 10.6 Å². The van der Waals surface area contributed by atoms with E-state index in [0.717, 1.165) is 17.3 Å². The van der Waals surface area contributed by atoms with Crippen molar-refractivity contribution in [1.82, 2.24) is 4.57 Å². The quantitative estimate of drug-likeness (QED) is 0.476. The number of rotatable bonds is 5. The number of pyridine rings is 1. The van der Waals surface area contributed by atoms with Gasteiger partial charge in [0.15, 0.2) is 0 Å². The van der Waals surface area contributed by atoms with Crippen LogP contribution in [0.15, 0.2) is 106 Å². The van der Waals surface area contributed by atoms with Crippen molar-refractivity contribution in [2.75, 3.05) is 0 Å². The summed E-state index contributed by atoms with van der Waals surface area (Å²) in [6.45, 7) is 0. The predicted octanol–water partition coefficient (Wildman–Crippen LogP) is 5.06. The molecule has 30 heavy (non-hydrogen) atoms. The van der Waals surface area contributed by atoms with Gasteiger partial charge in [0, 0.05) is 16.6 Å². The highest BCUT2D eigenvalue weighted by molar-refractivity contribution is 7.99.